The molecule has 5 heteroatoms. The number of aliphatic hydroxyl groups is 1. The van der Waals surface area contributed by atoms with Gasteiger partial charge < -0.3 is 5.11 Å². The van der Waals surface area contributed by atoms with Crippen LogP contribution in [0.3, 0.4) is 0 Å². The maximum atomic E-state index is 10.4. The number of halogens is 1. The molecule has 1 atom stereocenters. The SMILES string of the molecule is CCCn1ncc(Cl)c1C(O)c1ccc(C)nc1. The second kappa shape index (κ2) is 5.50. The molecule has 96 valence electrons. The Balaban J connectivity index is 2.35. The molecule has 0 saturated heterocycles. The van der Waals surface area contributed by atoms with Crippen LogP contribution >= 0.6 is 11.6 Å². The van der Waals surface area contributed by atoms with E-state index in [1.54, 1.807) is 17.1 Å². The van der Waals surface area contributed by atoms with Gasteiger partial charge in [-0.1, -0.05) is 24.6 Å². The molecule has 0 fully saturated rings. The van der Waals surface area contributed by atoms with Crippen LogP contribution in [0.4, 0.5) is 0 Å². The molecule has 0 radical (unpaired) electrons. The number of aliphatic hydroxyl groups excluding tert-OH is 1. The third-order valence-corrected chi connectivity index (χ3v) is 3.07. The van der Waals surface area contributed by atoms with E-state index in [2.05, 4.69) is 17.0 Å². The number of aryl methyl sites for hydroxylation is 2. The van der Waals surface area contributed by atoms with Crippen LogP contribution in [0.25, 0.3) is 0 Å². The fourth-order valence-corrected chi connectivity index (χ4v) is 2.08. The van der Waals surface area contributed by atoms with E-state index in [4.69, 9.17) is 11.6 Å². The van der Waals surface area contributed by atoms with E-state index in [1.807, 2.05) is 19.1 Å². The van der Waals surface area contributed by atoms with Crippen molar-refractivity contribution in [2.75, 3.05) is 0 Å². The molecule has 2 aromatic heterocycles. The summed E-state index contributed by atoms with van der Waals surface area (Å²) in [4.78, 5) is 4.18. The fraction of sp³-hybridized carbons (Fsp3) is 0.385. The summed E-state index contributed by atoms with van der Waals surface area (Å²) < 4.78 is 1.74. The zero-order valence-corrected chi connectivity index (χ0v) is 11.2. The fourth-order valence-electron chi connectivity index (χ4n) is 1.83. The molecule has 0 aliphatic carbocycles. The van der Waals surface area contributed by atoms with E-state index < -0.39 is 6.10 Å². The van der Waals surface area contributed by atoms with Crippen LogP contribution < -0.4 is 0 Å². The summed E-state index contributed by atoms with van der Waals surface area (Å²) in [5.41, 5.74) is 2.27. The minimum atomic E-state index is -0.792. The van der Waals surface area contributed by atoms with Crippen molar-refractivity contribution in [3.8, 4) is 0 Å². The predicted octanol–water partition coefficient (Wildman–Crippen LogP) is 2.73. The molecular weight excluding hydrogens is 250 g/mol. The normalized spacial score (nSPS) is 12.7. The molecule has 0 aliphatic heterocycles. The van der Waals surface area contributed by atoms with Crippen molar-refractivity contribution in [1.82, 2.24) is 14.8 Å². The summed E-state index contributed by atoms with van der Waals surface area (Å²) in [5, 5.41) is 15.0. The maximum absolute atomic E-state index is 10.4. The van der Waals surface area contributed by atoms with Crippen LogP contribution in [-0.2, 0) is 6.54 Å². The van der Waals surface area contributed by atoms with Gasteiger partial charge in [-0.15, -0.1) is 0 Å². The van der Waals surface area contributed by atoms with Crippen LogP contribution in [-0.4, -0.2) is 19.9 Å². The van der Waals surface area contributed by atoms with Gasteiger partial charge in [-0.25, -0.2) is 0 Å². The number of pyridine rings is 1. The van der Waals surface area contributed by atoms with Gasteiger partial charge in [0.25, 0.3) is 0 Å². The van der Waals surface area contributed by atoms with Crippen molar-refractivity contribution in [2.24, 2.45) is 0 Å². The van der Waals surface area contributed by atoms with Crippen LogP contribution in [0.2, 0.25) is 5.02 Å². The quantitative estimate of drug-likeness (QED) is 0.925. The first kappa shape index (κ1) is 13.1. The predicted molar refractivity (Wildman–Crippen MR) is 70.6 cm³/mol. The van der Waals surface area contributed by atoms with E-state index in [-0.39, 0.29) is 0 Å². The highest BCUT2D eigenvalue weighted by Gasteiger charge is 2.19. The number of aromatic nitrogens is 3. The largest absolute Gasteiger partial charge is 0.382 e. The van der Waals surface area contributed by atoms with Gasteiger partial charge in [-0.05, 0) is 19.4 Å². The summed E-state index contributed by atoms with van der Waals surface area (Å²) >= 11 is 6.09. The zero-order valence-electron chi connectivity index (χ0n) is 10.5. The van der Waals surface area contributed by atoms with Crippen molar-refractivity contribution in [2.45, 2.75) is 32.9 Å². The van der Waals surface area contributed by atoms with E-state index in [0.717, 1.165) is 24.2 Å². The average molecular weight is 266 g/mol. The van der Waals surface area contributed by atoms with Gasteiger partial charge in [0.15, 0.2) is 0 Å². The van der Waals surface area contributed by atoms with Crippen LogP contribution in [0.1, 0.15) is 36.4 Å². The van der Waals surface area contributed by atoms with E-state index >= 15 is 0 Å². The lowest BCUT2D eigenvalue weighted by Crippen LogP contribution is -2.10. The molecule has 0 bridgehead atoms. The van der Waals surface area contributed by atoms with E-state index in [9.17, 15) is 5.11 Å². The first-order chi connectivity index (χ1) is 8.63. The second-order valence-corrected chi connectivity index (χ2v) is 4.64. The number of hydrogen-bond donors (Lipinski definition) is 1. The molecule has 0 aliphatic rings. The molecule has 0 saturated carbocycles. The molecule has 1 N–H and O–H groups in total. The van der Waals surface area contributed by atoms with E-state index in [1.165, 1.54) is 0 Å². The Labute approximate surface area is 111 Å². The summed E-state index contributed by atoms with van der Waals surface area (Å²) in [6.45, 7) is 4.70. The topological polar surface area (TPSA) is 50.9 Å². The second-order valence-electron chi connectivity index (χ2n) is 4.24. The maximum Gasteiger partial charge on any atom is 0.124 e. The third kappa shape index (κ3) is 2.54. The molecule has 2 aromatic rings. The monoisotopic (exact) mass is 265 g/mol. The van der Waals surface area contributed by atoms with Crippen LogP contribution in [0, 0.1) is 6.92 Å². The molecule has 0 aromatic carbocycles. The molecule has 4 nitrogen and oxygen atoms in total. The van der Waals surface area contributed by atoms with Gasteiger partial charge in [0.2, 0.25) is 0 Å². The minimum absolute atomic E-state index is 0.483. The van der Waals surface area contributed by atoms with Gasteiger partial charge in [0.1, 0.15) is 6.10 Å². The van der Waals surface area contributed by atoms with Gasteiger partial charge >= 0.3 is 0 Å². The Hall–Kier alpha value is -1.39. The summed E-state index contributed by atoms with van der Waals surface area (Å²) in [5.74, 6) is 0. The highest BCUT2D eigenvalue weighted by molar-refractivity contribution is 6.31. The van der Waals surface area contributed by atoms with Gasteiger partial charge in [0.05, 0.1) is 16.9 Å². The number of hydrogen-bond acceptors (Lipinski definition) is 3. The first-order valence-corrected chi connectivity index (χ1v) is 6.33. The van der Waals surface area contributed by atoms with Crippen molar-refractivity contribution < 1.29 is 5.11 Å². The lowest BCUT2D eigenvalue weighted by atomic mass is 10.1. The Bertz CT molecular complexity index is 522. The Kier molecular flexibility index (Phi) is 3.99. The van der Waals surface area contributed by atoms with Crippen LogP contribution in [0.15, 0.2) is 24.5 Å². The number of nitrogens with zero attached hydrogens (tertiary/aromatic N) is 3. The molecule has 0 amide bonds. The zero-order chi connectivity index (χ0) is 13.1. The highest BCUT2D eigenvalue weighted by atomic mass is 35.5. The Morgan fingerprint density at radius 1 is 1.39 bits per heavy atom. The first-order valence-electron chi connectivity index (χ1n) is 5.95. The minimum Gasteiger partial charge on any atom is -0.382 e. The summed E-state index contributed by atoms with van der Waals surface area (Å²) in [6, 6.07) is 3.72. The van der Waals surface area contributed by atoms with Gasteiger partial charge in [-0.3, -0.25) is 9.67 Å². The van der Waals surface area contributed by atoms with Gasteiger partial charge in [-0.2, -0.15) is 5.10 Å². The third-order valence-electron chi connectivity index (χ3n) is 2.78. The molecule has 0 spiro atoms. The Morgan fingerprint density at radius 2 is 2.17 bits per heavy atom. The summed E-state index contributed by atoms with van der Waals surface area (Å²) in [7, 11) is 0. The lowest BCUT2D eigenvalue weighted by molar-refractivity contribution is 0.207. The van der Waals surface area contributed by atoms with Crippen molar-refractivity contribution in [3.63, 3.8) is 0 Å². The highest BCUT2D eigenvalue weighted by Crippen LogP contribution is 2.28. The molecule has 2 heterocycles. The van der Waals surface area contributed by atoms with Crippen molar-refractivity contribution >= 4 is 11.6 Å². The van der Waals surface area contributed by atoms with E-state index in [0.29, 0.717) is 10.7 Å². The Morgan fingerprint density at radius 3 is 2.78 bits per heavy atom. The molecule has 18 heavy (non-hydrogen) atoms. The molecular formula is C13H16ClN3O. The molecule has 2 rings (SSSR count). The van der Waals surface area contributed by atoms with Crippen molar-refractivity contribution in [3.05, 3.63) is 46.5 Å². The molecule has 1 unspecified atom stereocenters. The number of rotatable bonds is 4. The lowest BCUT2D eigenvalue weighted by Gasteiger charge is -2.14. The van der Waals surface area contributed by atoms with Gasteiger partial charge in [0, 0.05) is 24.0 Å². The van der Waals surface area contributed by atoms with Crippen molar-refractivity contribution in [1.29, 1.82) is 0 Å². The smallest absolute Gasteiger partial charge is 0.124 e. The van der Waals surface area contributed by atoms with Crippen LogP contribution in [0.5, 0.6) is 0 Å². The summed E-state index contributed by atoms with van der Waals surface area (Å²) in [6.07, 6.45) is 3.38. The standard InChI is InChI=1S/C13H16ClN3O/c1-3-6-17-12(11(14)8-16-17)13(18)10-5-4-9(2)15-7-10/h4-5,7-8,13,18H,3,6H2,1-2H3. The average Bonchev–Trinajstić information content (AvgIpc) is 2.71.